The number of benzene rings is 1. The van der Waals surface area contributed by atoms with Crippen LogP contribution in [0.3, 0.4) is 0 Å². The van der Waals surface area contributed by atoms with E-state index in [1.165, 1.54) is 12.0 Å². The first kappa shape index (κ1) is 13.4. The maximum Gasteiger partial charge on any atom is 0.118 e. The van der Waals surface area contributed by atoms with Crippen LogP contribution in [0.2, 0.25) is 0 Å². The Kier molecular flexibility index (Phi) is 4.25. The SMILES string of the molecule is COc1ccc(CCN2CCC[C@@]2(C)CO)cc1. The third kappa shape index (κ3) is 2.85. The van der Waals surface area contributed by atoms with Crippen molar-refractivity contribution in [2.45, 2.75) is 31.7 Å². The minimum absolute atomic E-state index is 0.00747. The molecule has 3 heteroatoms. The zero-order chi connectivity index (χ0) is 13.0. The lowest BCUT2D eigenvalue weighted by molar-refractivity contribution is 0.0800. The fourth-order valence-corrected chi connectivity index (χ4v) is 2.70. The van der Waals surface area contributed by atoms with E-state index in [1.807, 2.05) is 12.1 Å². The van der Waals surface area contributed by atoms with Crippen LogP contribution in [-0.2, 0) is 6.42 Å². The van der Waals surface area contributed by atoms with Gasteiger partial charge >= 0.3 is 0 Å². The molecule has 1 atom stereocenters. The summed E-state index contributed by atoms with van der Waals surface area (Å²) in [5.41, 5.74) is 1.31. The van der Waals surface area contributed by atoms with E-state index in [4.69, 9.17) is 4.74 Å². The molecule has 0 aliphatic carbocycles. The quantitative estimate of drug-likeness (QED) is 0.867. The molecule has 1 saturated heterocycles. The van der Waals surface area contributed by atoms with Gasteiger partial charge in [-0.2, -0.15) is 0 Å². The average molecular weight is 249 g/mol. The fourth-order valence-electron chi connectivity index (χ4n) is 2.70. The number of ether oxygens (including phenoxy) is 1. The molecule has 100 valence electrons. The summed E-state index contributed by atoms with van der Waals surface area (Å²) >= 11 is 0. The molecule has 1 aliphatic heterocycles. The van der Waals surface area contributed by atoms with Crippen molar-refractivity contribution < 1.29 is 9.84 Å². The van der Waals surface area contributed by atoms with Gasteiger partial charge < -0.3 is 9.84 Å². The molecule has 1 N–H and O–H groups in total. The molecule has 0 unspecified atom stereocenters. The molecular weight excluding hydrogens is 226 g/mol. The van der Waals surface area contributed by atoms with E-state index in [0.29, 0.717) is 0 Å². The number of rotatable bonds is 5. The predicted octanol–water partition coefficient (Wildman–Crippen LogP) is 2.08. The third-order valence-corrected chi connectivity index (χ3v) is 4.08. The van der Waals surface area contributed by atoms with Gasteiger partial charge in [-0.05, 0) is 50.4 Å². The minimum Gasteiger partial charge on any atom is -0.497 e. The van der Waals surface area contributed by atoms with Crippen molar-refractivity contribution in [3.05, 3.63) is 29.8 Å². The number of hydrogen-bond acceptors (Lipinski definition) is 3. The van der Waals surface area contributed by atoms with Crippen molar-refractivity contribution in [3.8, 4) is 5.75 Å². The van der Waals surface area contributed by atoms with Crippen LogP contribution in [0.25, 0.3) is 0 Å². The zero-order valence-electron chi connectivity index (χ0n) is 11.4. The molecule has 18 heavy (non-hydrogen) atoms. The second kappa shape index (κ2) is 5.72. The van der Waals surface area contributed by atoms with E-state index >= 15 is 0 Å². The average Bonchev–Trinajstić information content (AvgIpc) is 2.79. The molecule has 3 nitrogen and oxygen atoms in total. The van der Waals surface area contributed by atoms with Crippen LogP contribution >= 0.6 is 0 Å². The second-order valence-corrected chi connectivity index (χ2v) is 5.34. The lowest BCUT2D eigenvalue weighted by atomic mass is 10.00. The van der Waals surface area contributed by atoms with E-state index in [0.717, 1.165) is 31.7 Å². The van der Waals surface area contributed by atoms with Crippen molar-refractivity contribution in [3.63, 3.8) is 0 Å². The van der Waals surface area contributed by atoms with Gasteiger partial charge in [0.25, 0.3) is 0 Å². The standard InChI is InChI=1S/C15H23NO2/c1-15(12-17)9-3-10-16(15)11-8-13-4-6-14(18-2)7-5-13/h4-7,17H,3,8-12H2,1-2H3/t15-/m0/s1. The van der Waals surface area contributed by atoms with Gasteiger partial charge in [-0.3, -0.25) is 4.90 Å². The Morgan fingerprint density at radius 3 is 2.67 bits per heavy atom. The lowest BCUT2D eigenvalue weighted by Gasteiger charge is -2.33. The molecule has 0 spiro atoms. The summed E-state index contributed by atoms with van der Waals surface area (Å²) in [5.74, 6) is 0.903. The highest BCUT2D eigenvalue weighted by molar-refractivity contribution is 5.27. The van der Waals surface area contributed by atoms with Gasteiger partial charge in [0.2, 0.25) is 0 Å². The summed E-state index contributed by atoms with van der Waals surface area (Å²) in [5, 5.41) is 9.50. The molecule has 0 amide bonds. The maximum atomic E-state index is 9.50. The van der Waals surface area contributed by atoms with Crippen molar-refractivity contribution >= 4 is 0 Å². The van der Waals surface area contributed by atoms with Gasteiger partial charge in [-0.15, -0.1) is 0 Å². The fraction of sp³-hybridized carbons (Fsp3) is 0.600. The third-order valence-electron chi connectivity index (χ3n) is 4.08. The second-order valence-electron chi connectivity index (χ2n) is 5.34. The molecule has 2 rings (SSSR count). The molecule has 0 aromatic heterocycles. The largest absolute Gasteiger partial charge is 0.497 e. The van der Waals surface area contributed by atoms with E-state index in [-0.39, 0.29) is 12.1 Å². The number of nitrogens with zero attached hydrogens (tertiary/aromatic N) is 1. The van der Waals surface area contributed by atoms with Gasteiger partial charge in [0.05, 0.1) is 13.7 Å². The van der Waals surface area contributed by atoms with Crippen LogP contribution in [0.4, 0.5) is 0 Å². The van der Waals surface area contributed by atoms with Crippen molar-refractivity contribution in [2.24, 2.45) is 0 Å². The van der Waals surface area contributed by atoms with Gasteiger partial charge in [0.1, 0.15) is 5.75 Å². The van der Waals surface area contributed by atoms with Crippen molar-refractivity contribution in [1.82, 2.24) is 4.90 Å². The van der Waals surface area contributed by atoms with Gasteiger partial charge in [-0.1, -0.05) is 12.1 Å². The number of methoxy groups -OCH3 is 1. The first-order valence-corrected chi connectivity index (χ1v) is 6.67. The topological polar surface area (TPSA) is 32.7 Å². The lowest BCUT2D eigenvalue weighted by Crippen LogP contribution is -2.45. The number of aliphatic hydroxyl groups is 1. The minimum atomic E-state index is -0.00747. The molecular formula is C15H23NO2. The van der Waals surface area contributed by atoms with Gasteiger partial charge in [0, 0.05) is 12.1 Å². The van der Waals surface area contributed by atoms with E-state index in [1.54, 1.807) is 7.11 Å². The number of aliphatic hydroxyl groups excluding tert-OH is 1. The Labute approximate surface area is 109 Å². The summed E-state index contributed by atoms with van der Waals surface area (Å²) < 4.78 is 5.15. The Hall–Kier alpha value is -1.06. The highest BCUT2D eigenvalue weighted by Gasteiger charge is 2.35. The molecule has 1 aromatic rings. The molecule has 1 heterocycles. The van der Waals surface area contributed by atoms with Crippen LogP contribution in [0.15, 0.2) is 24.3 Å². The van der Waals surface area contributed by atoms with E-state index in [2.05, 4.69) is 24.0 Å². The van der Waals surface area contributed by atoms with Gasteiger partial charge in [-0.25, -0.2) is 0 Å². The van der Waals surface area contributed by atoms with E-state index < -0.39 is 0 Å². The Morgan fingerprint density at radius 2 is 2.06 bits per heavy atom. The summed E-state index contributed by atoms with van der Waals surface area (Å²) in [6, 6.07) is 8.24. The maximum absolute atomic E-state index is 9.50. The van der Waals surface area contributed by atoms with Gasteiger partial charge in [0.15, 0.2) is 0 Å². The molecule has 0 radical (unpaired) electrons. The zero-order valence-corrected chi connectivity index (χ0v) is 11.4. The first-order valence-electron chi connectivity index (χ1n) is 6.67. The molecule has 1 aromatic carbocycles. The van der Waals surface area contributed by atoms with Crippen LogP contribution in [0.5, 0.6) is 5.75 Å². The molecule has 0 saturated carbocycles. The van der Waals surface area contributed by atoms with E-state index in [9.17, 15) is 5.11 Å². The monoisotopic (exact) mass is 249 g/mol. The van der Waals surface area contributed by atoms with Crippen LogP contribution in [0.1, 0.15) is 25.3 Å². The Morgan fingerprint density at radius 1 is 1.33 bits per heavy atom. The summed E-state index contributed by atoms with van der Waals surface area (Å²) in [6.07, 6.45) is 3.32. The Balaban J connectivity index is 1.90. The highest BCUT2D eigenvalue weighted by atomic mass is 16.5. The van der Waals surface area contributed by atoms with Crippen LogP contribution in [0, 0.1) is 0 Å². The van der Waals surface area contributed by atoms with Crippen LogP contribution in [-0.4, -0.2) is 42.4 Å². The van der Waals surface area contributed by atoms with Crippen molar-refractivity contribution in [2.75, 3.05) is 26.8 Å². The Bertz CT molecular complexity index is 377. The highest BCUT2D eigenvalue weighted by Crippen LogP contribution is 2.28. The molecule has 1 fully saturated rings. The smallest absolute Gasteiger partial charge is 0.118 e. The first-order chi connectivity index (χ1) is 8.68. The van der Waals surface area contributed by atoms with Crippen molar-refractivity contribution in [1.29, 1.82) is 0 Å². The van der Waals surface area contributed by atoms with Crippen LogP contribution < -0.4 is 4.74 Å². The summed E-state index contributed by atoms with van der Waals surface area (Å²) in [6.45, 7) is 4.54. The molecule has 1 aliphatic rings. The predicted molar refractivity (Wildman–Crippen MR) is 73.0 cm³/mol. The normalized spacial score (nSPS) is 24.4. The number of likely N-dealkylation sites (tertiary alicyclic amines) is 1. The summed E-state index contributed by atoms with van der Waals surface area (Å²) in [7, 11) is 1.69. The number of hydrogen-bond donors (Lipinski definition) is 1. The summed E-state index contributed by atoms with van der Waals surface area (Å²) in [4.78, 5) is 2.41. The molecule has 0 bridgehead atoms.